The summed E-state index contributed by atoms with van der Waals surface area (Å²) >= 11 is 0. The first-order chi connectivity index (χ1) is 12.4. The maximum atomic E-state index is 11.9. The van der Waals surface area contributed by atoms with Gasteiger partial charge in [0.25, 0.3) is 0 Å². The minimum atomic E-state index is -0.555. The molecule has 0 aliphatic heterocycles. The van der Waals surface area contributed by atoms with Gasteiger partial charge >= 0.3 is 0 Å². The van der Waals surface area contributed by atoms with Crippen LogP contribution in [-0.2, 0) is 11.2 Å². The fraction of sp³-hybridized carbons (Fsp3) is 0.579. The van der Waals surface area contributed by atoms with E-state index in [-0.39, 0.29) is 5.91 Å². The van der Waals surface area contributed by atoms with Crippen molar-refractivity contribution in [2.24, 2.45) is 10.4 Å². The topological polar surface area (TPSA) is 84.0 Å². The van der Waals surface area contributed by atoms with Crippen molar-refractivity contribution >= 4 is 11.9 Å². The largest absolute Gasteiger partial charge is 0.493 e. The number of hydrogen-bond donors (Lipinski definition) is 3. The molecule has 1 amide bonds. The van der Waals surface area contributed by atoms with Crippen LogP contribution in [0, 0.1) is 5.41 Å². The van der Waals surface area contributed by atoms with E-state index in [0.717, 1.165) is 30.0 Å². The van der Waals surface area contributed by atoms with E-state index >= 15 is 0 Å². The van der Waals surface area contributed by atoms with Gasteiger partial charge in [0.2, 0.25) is 5.91 Å². The van der Waals surface area contributed by atoms with E-state index in [9.17, 15) is 4.79 Å². The molecule has 0 aliphatic carbocycles. The van der Waals surface area contributed by atoms with Crippen molar-refractivity contribution < 1.29 is 14.3 Å². The molecule has 1 aromatic rings. The minimum Gasteiger partial charge on any atom is -0.493 e. The van der Waals surface area contributed by atoms with E-state index < -0.39 is 5.41 Å². The molecule has 0 atom stereocenters. The van der Waals surface area contributed by atoms with Gasteiger partial charge in [-0.1, -0.05) is 6.07 Å². The van der Waals surface area contributed by atoms with Crippen LogP contribution in [0.25, 0.3) is 0 Å². The lowest BCUT2D eigenvalue weighted by Gasteiger charge is -2.21. The number of methoxy groups -OCH3 is 2. The molecule has 0 saturated carbocycles. The summed E-state index contributed by atoms with van der Waals surface area (Å²) in [7, 11) is 4.89. The Bertz CT molecular complexity index is 615. The third kappa shape index (κ3) is 6.46. The van der Waals surface area contributed by atoms with Crippen molar-refractivity contribution in [3.05, 3.63) is 23.8 Å². The Kier molecular flexibility index (Phi) is 8.75. The number of nitrogens with zero attached hydrogens (tertiary/aromatic N) is 1. The molecule has 0 bridgehead atoms. The van der Waals surface area contributed by atoms with Crippen molar-refractivity contribution in [2.45, 2.75) is 27.2 Å². The first kappa shape index (κ1) is 21.6. The summed E-state index contributed by atoms with van der Waals surface area (Å²) in [5.74, 6) is 2.11. The molecule has 0 radical (unpaired) electrons. The lowest BCUT2D eigenvalue weighted by molar-refractivity contribution is -0.128. The molecule has 26 heavy (non-hydrogen) atoms. The van der Waals surface area contributed by atoms with Crippen LogP contribution in [0.1, 0.15) is 26.3 Å². The van der Waals surface area contributed by atoms with Gasteiger partial charge in [0.05, 0.1) is 26.2 Å². The van der Waals surface area contributed by atoms with Gasteiger partial charge in [0.1, 0.15) is 0 Å². The number of ether oxygens (including phenoxy) is 2. The first-order valence-electron chi connectivity index (χ1n) is 8.83. The summed E-state index contributed by atoms with van der Waals surface area (Å²) in [5.41, 5.74) is 0.581. The summed E-state index contributed by atoms with van der Waals surface area (Å²) in [6, 6.07) is 5.89. The lowest BCUT2D eigenvalue weighted by Crippen LogP contribution is -2.41. The Morgan fingerprint density at radius 1 is 1.15 bits per heavy atom. The van der Waals surface area contributed by atoms with Crippen molar-refractivity contribution in [2.75, 3.05) is 40.9 Å². The number of aliphatic imine (C=N–C) groups is 1. The Balaban J connectivity index is 2.66. The molecule has 0 spiro atoms. The van der Waals surface area contributed by atoms with E-state index in [2.05, 4.69) is 20.9 Å². The van der Waals surface area contributed by atoms with Gasteiger partial charge < -0.3 is 25.4 Å². The molecule has 0 aromatic heterocycles. The van der Waals surface area contributed by atoms with Gasteiger partial charge in [-0.25, -0.2) is 0 Å². The second-order valence-electron chi connectivity index (χ2n) is 6.52. The van der Waals surface area contributed by atoms with Crippen LogP contribution in [0.4, 0.5) is 0 Å². The van der Waals surface area contributed by atoms with E-state index in [0.29, 0.717) is 19.0 Å². The van der Waals surface area contributed by atoms with Crippen LogP contribution in [0.15, 0.2) is 23.2 Å². The Morgan fingerprint density at radius 3 is 2.42 bits per heavy atom. The van der Waals surface area contributed by atoms with E-state index in [1.165, 1.54) is 0 Å². The first-order valence-corrected chi connectivity index (χ1v) is 8.83. The Morgan fingerprint density at radius 2 is 1.85 bits per heavy atom. The van der Waals surface area contributed by atoms with Gasteiger partial charge in [-0.2, -0.15) is 0 Å². The molecule has 146 valence electrons. The molecule has 1 rings (SSSR count). The number of benzene rings is 1. The van der Waals surface area contributed by atoms with Crippen molar-refractivity contribution in [3.8, 4) is 11.5 Å². The van der Waals surface area contributed by atoms with Gasteiger partial charge in [-0.05, 0) is 44.9 Å². The van der Waals surface area contributed by atoms with Gasteiger partial charge in [0, 0.05) is 20.1 Å². The van der Waals surface area contributed by atoms with Crippen molar-refractivity contribution in [3.63, 3.8) is 0 Å². The number of guanidine groups is 1. The predicted octanol–water partition coefficient (Wildman–Crippen LogP) is 1.57. The van der Waals surface area contributed by atoms with Gasteiger partial charge in [-0.15, -0.1) is 0 Å². The maximum Gasteiger partial charge on any atom is 0.227 e. The molecule has 0 heterocycles. The average molecular weight is 364 g/mol. The number of amides is 1. The Hall–Kier alpha value is -2.44. The highest BCUT2D eigenvalue weighted by atomic mass is 16.5. The molecule has 7 nitrogen and oxygen atoms in total. The fourth-order valence-electron chi connectivity index (χ4n) is 2.39. The summed E-state index contributed by atoms with van der Waals surface area (Å²) < 4.78 is 10.6. The second-order valence-corrected chi connectivity index (χ2v) is 6.52. The average Bonchev–Trinajstić information content (AvgIpc) is 2.65. The summed E-state index contributed by atoms with van der Waals surface area (Å²) in [6.45, 7) is 7.63. The zero-order valence-electron chi connectivity index (χ0n) is 16.7. The molecule has 1 aromatic carbocycles. The molecule has 7 heteroatoms. The van der Waals surface area contributed by atoms with Gasteiger partial charge in [0.15, 0.2) is 17.5 Å². The number of hydrogen-bond acceptors (Lipinski definition) is 4. The number of nitrogens with one attached hydrogen (secondary N) is 3. The summed E-state index contributed by atoms with van der Waals surface area (Å²) in [5, 5.41) is 9.18. The SMILES string of the molecule is CCNC(=NCC(C)(C)C(=O)NC)NCCc1ccc(OC)c(OC)c1. The quantitative estimate of drug-likeness (QED) is 0.458. The predicted molar refractivity (Wildman–Crippen MR) is 105 cm³/mol. The highest BCUT2D eigenvalue weighted by Crippen LogP contribution is 2.27. The van der Waals surface area contributed by atoms with Crippen LogP contribution in [0.3, 0.4) is 0 Å². The normalized spacial score (nSPS) is 11.7. The molecule has 0 fully saturated rings. The summed E-state index contributed by atoms with van der Waals surface area (Å²) in [4.78, 5) is 16.4. The molecular weight excluding hydrogens is 332 g/mol. The molecule has 0 saturated heterocycles. The highest BCUT2D eigenvalue weighted by molar-refractivity contribution is 5.83. The second kappa shape index (κ2) is 10.5. The van der Waals surface area contributed by atoms with Crippen molar-refractivity contribution in [1.29, 1.82) is 0 Å². The lowest BCUT2D eigenvalue weighted by atomic mass is 9.93. The molecular formula is C19H32N4O3. The highest BCUT2D eigenvalue weighted by Gasteiger charge is 2.26. The van der Waals surface area contributed by atoms with Crippen LogP contribution >= 0.6 is 0 Å². The molecule has 0 aliphatic rings. The Labute approximate surface area is 156 Å². The van der Waals surface area contributed by atoms with Gasteiger partial charge in [-0.3, -0.25) is 9.79 Å². The smallest absolute Gasteiger partial charge is 0.227 e. The van der Waals surface area contributed by atoms with E-state index in [1.54, 1.807) is 21.3 Å². The summed E-state index contributed by atoms with van der Waals surface area (Å²) in [6.07, 6.45) is 0.809. The minimum absolute atomic E-state index is 0.0255. The maximum absolute atomic E-state index is 11.9. The third-order valence-corrected chi connectivity index (χ3v) is 3.97. The number of carbonyl (C=O) groups excluding carboxylic acids is 1. The van der Waals surface area contributed by atoms with Crippen LogP contribution in [-0.4, -0.2) is 52.8 Å². The molecule has 3 N–H and O–H groups in total. The monoisotopic (exact) mass is 364 g/mol. The van der Waals surface area contributed by atoms with Crippen molar-refractivity contribution in [1.82, 2.24) is 16.0 Å². The zero-order valence-corrected chi connectivity index (χ0v) is 16.7. The third-order valence-electron chi connectivity index (χ3n) is 3.97. The van der Waals surface area contributed by atoms with E-state index in [1.807, 2.05) is 39.0 Å². The zero-order chi connectivity index (χ0) is 19.6. The van der Waals surface area contributed by atoms with Crippen LogP contribution < -0.4 is 25.4 Å². The van der Waals surface area contributed by atoms with Crippen LogP contribution in [0.5, 0.6) is 11.5 Å². The molecule has 0 unspecified atom stereocenters. The number of carbonyl (C=O) groups is 1. The van der Waals surface area contributed by atoms with E-state index in [4.69, 9.17) is 9.47 Å². The van der Waals surface area contributed by atoms with Crippen LogP contribution in [0.2, 0.25) is 0 Å². The number of rotatable bonds is 9. The standard InChI is InChI=1S/C19H32N4O3/c1-7-21-18(23-13-19(2,3)17(24)20-4)22-11-10-14-8-9-15(25-5)16(12-14)26-6/h8-9,12H,7,10-11,13H2,1-6H3,(H,20,24)(H2,21,22,23). The fourth-order valence-corrected chi connectivity index (χ4v) is 2.39.